The Hall–Kier alpha value is -2.39. The zero-order valence-electron chi connectivity index (χ0n) is 13.8. The Morgan fingerprint density at radius 2 is 1.92 bits per heavy atom. The van der Waals surface area contributed by atoms with Crippen molar-refractivity contribution in [1.82, 2.24) is 4.98 Å². The standard InChI is InChI=1S/C20H19ClN2O/c1-3-13-10-11-17(21)14(4-2)19(13)23-20(24)16-7-5-9-18-15(16)8-6-12-22-18/h5-12H,3-4H2,1-2H3,(H,23,24). The fourth-order valence-corrected chi connectivity index (χ4v) is 3.24. The number of rotatable bonds is 4. The van der Waals surface area contributed by atoms with E-state index < -0.39 is 0 Å². The van der Waals surface area contributed by atoms with E-state index in [9.17, 15) is 4.79 Å². The van der Waals surface area contributed by atoms with Crippen LogP contribution in [-0.2, 0) is 12.8 Å². The van der Waals surface area contributed by atoms with Crippen molar-refractivity contribution in [2.24, 2.45) is 0 Å². The molecule has 3 aromatic rings. The summed E-state index contributed by atoms with van der Waals surface area (Å²) in [5.74, 6) is -0.139. The number of amides is 1. The zero-order valence-corrected chi connectivity index (χ0v) is 14.5. The Balaban J connectivity index is 2.05. The molecular weight excluding hydrogens is 320 g/mol. The summed E-state index contributed by atoms with van der Waals surface area (Å²) >= 11 is 6.32. The summed E-state index contributed by atoms with van der Waals surface area (Å²) in [5, 5.41) is 4.61. The van der Waals surface area contributed by atoms with Gasteiger partial charge in [-0.05, 0) is 48.2 Å². The van der Waals surface area contributed by atoms with Gasteiger partial charge in [-0.15, -0.1) is 0 Å². The minimum Gasteiger partial charge on any atom is -0.321 e. The molecule has 1 N–H and O–H groups in total. The summed E-state index contributed by atoms with van der Waals surface area (Å²) in [6.45, 7) is 4.11. The third-order valence-electron chi connectivity index (χ3n) is 4.21. The molecule has 0 aliphatic heterocycles. The maximum atomic E-state index is 12.9. The molecule has 24 heavy (non-hydrogen) atoms. The molecule has 1 heterocycles. The molecule has 0 bridgehead atoms. The number of fused-ring (bicyclic) bond motifs is 1. The van der Waals surface area contributed by atoms with E-state index in [1.165, 1.54) is 0 Å². The Bertz CT molecular complexity index is 900. The van der Waals surface area contributed by atoms with Gasteiger partial charge < -0.3 is 5.32 Å². The average Bonchev–Trinajstić information content (AvgIpc) is 2.61. The molecule has 2 aromatic carbocycles. The molecule has 1 aromatic heterocycles. The van der Waals surface area contributed by atoms with E-state index >= 15 is 0 Å². The van der Waals surface area contributed by atoms with Crippen molar-refractivity contribution in [2.45, 2.75) is 26.7 Å². The third-order valence-corrected chi connectivity index (χ3v) is 4.56. The number of carbonyl (C=O) groups is 1. The lowest BCUT2D eigenvalue weighted by molar-refractivity contribution is 0.102. The van der Waals surface area contributed by atoms with Crippen molar-refractivity contribution in [2.75, 3.05) is 5.32 Å². The van der Waals surface area contributed by atoms with E-state index in [1.54, 1.807) is 6.20 Å². The van der Waals surface area contributed by atoms with Crippen LogP contribution in [-0.4, -0.2) is 10.9 Å². The lowest BCUT2D eigenvalue weighted by Crippen LogP contribution is -2.15. The van der Waals surface area contributed by atoms with E-state index in [0.29, 0.717) is 10.6 Å². The van der Waals surface area contributed by atoms with Gasteiger partial charge in [0.25, 0.3) is 5.91 Å². The van der Waals surface area contributed by atoms with Crippen LogP contribution in [0.25, 0.3) is 10.9 Å². The van der Waals surface area contributed by atoms with E-state index in [2.05, 4.69) is 17.2 Å². The van der Waals surface area contributed by atoms with Crippen LogP contribution in [0.15, 0.2) is 48.7 Å². The molecular formula is C20H19ClN2O. The number of carbonyl (C=O) groups excluding carboxylic acids is 1. The van der Waals surface area contributed by atoms with Crippen molar-refractivity contribution in [3.63, 3.8) is 0 Å². The van der Waals surface area contributed by atoms with Crippen molar-refractivity contribution < 1.29 is 4.79 Å². The molecule has 4 heteroatoms. The molecule has 0 spiro atoms. The third kappa shape index (κ3) is 3.00. The largest absolute Gasteiger partial charge is 0.321 e. The topological polar surface area (TPSA) is 42.0 Å². The minimum absolute atomic E-state index is 0.139. The molecule has 3 nitrogen and oxygen atoms in total. The van der Waals surface area contributed by atoms with Gasteiger partial charge in [0.1, 0.15) is 0 Å². The lowest BCUT2D eigenvalue weighted by Gasteiger charge is -2.16. The van der Waals surface area contributed by atoms with E-state index in [0.717, 1.165) is 40.6 Å². The number of aryl methyl sites for hydroxylation is 1. The van der Waals surface area contributed by atoms with Gasteiger partial charge >= 0.3 is 0 Å². The zero-order chi connectivity index (χ0) is 17.1. The van der Waals surface area contributed by atoms with Gasteiger partial charge in [0, 0.05) is 27.9 Å². The quantitative estimate of drug-likeness (QED) is 0.704. The van der Waals surface area contributed by atoms with Crippen molar-refractivity contribution in [1.29, 1.82) is 0 Å². The number of pyridine rings is 1. The molecule has 0 atom stereocenters. The molecule has 1 amide bonds. The van der Waals surface area contributed by atoms with E-state index in [4.69, 9.17) is 11.6 Å². The summed E-state index contributed by atoms with van der Waals surface area (Å²) in [6, 6.07) is 13.2. The Morgan fingerprint density at radius 3 is 2.67 bits per heavy atom. The number of anilines is 1. The summed E-state index contributed by atoms with van der Waals surface area (Å²) in [5.41, 5.74) is 4.32. The minimum atomic E-state index is -0.139. The van der Waals surface area contributed by atoms with Crippen LogP contribution in [0.1, 0.15) is 35.3 Å². The second kappa shape index (κ2) is 7.02. The highest BCUT2D eigenvalue weighted by Crippen LogP contribution is 2.30. The molecule has 0 radical (unpaired) electrons. The van der Waals surface area contributed by atoms with Crippen molar-refractivity contribution >= 4 is 34.1 Å². The number of halogens is 1. The van der Waals surface area contributed by atoms with Gasteiger partial charge in [-0.3, -0.25) is 9.78 Å². The molecule has 122 valence electrons. The van der Waals surface area contributed by atoms with E-state index in [-0.39, 0.29) is 5.91 Å². The second-order valence-electron chi connectivity index (χ2n) is 5.60. The first-order chi connectivity index (χ1) is 11.7. The molecule has 0 unspecified atom stereocenters. The second-order valence-corrected chi connectivity index (χ2v) is 6.00. The maximum absolute atomic E-state index is 12.9. The Kier molecular flexibility index (Phi) is 4.81. The summed E-state index contributed by atoms with van der Waals surface area (Å²) in [7, 11) is 0. The van der Waals surface area contributed by atoms with Crippen molar-refractivity contribution in [3.05, 3.63) is 70.4 Å². The fraction of sp³-hybridized carbons (Fsp3) is 0.200. The average molecular weight is 339 g/mol. The normalized spacial score (nSPS) is 10.8. The number of nitrogens with zero attached hydrogens (tertiary/aromatic N) is 1. The van der Waals surface area contributed by atoms with E-state index in [1.807, 2.05) is 49.4 Å². The highest BCUT2D eigenvalue weighted by atomic mass is 35.5. The Morgan fingerprint density at radius 1 is 1.08 bits per heavy atom. The SMILES string of the molecule is CCc1ccc(Cl)c(CC)c1NC(=O)c1cccc2ncccc12. The first-order valence-corrected chi connectivity index (χ1v) is 8.48. The first-order valence-electron chi connectivity index (χ1n) is 8.11. The fourth-order valence-electron chi connectivity index (χ4n) is 2.95. The van der Waals surface area contributed by atoms with Gasteiger partial charge in [-0.2, -0.15) is 0 Å². The van der Waals surface area contributed by atoms with Crippen LogP contribution in [0.3, 0.4) is 0 Å². The number of hydrogen-bond acceptors (Lipinski definition) is 2. The van der Waals surface area contributed by atoms with Gasteiger partial charge in [0.15, 0.2) is 0 Å². The maximum Gasteiger partial charge on any atom is 0.256 e. The predicted molar refractivity (Wildman–Crippen MR) is 99.9 cm³/mol. The lowest BCUT2D eigenvalue weighted by atomic mass is 10.0. The van der Waals surface area contributed by atoms with Crippen LogP contribution < -0.4 is 5.32 Å². The summed E-state index contributed by atoms with van der Waals surface area (Å²) in [6.07, 6.45) is 3.32. The highest BCUT2D eigenvalue weighted by molar-refractivity contribution is 6.32. The van der Waals surface area contributed by atoms with Gasteiger partial charge in [0.05, 0.1) is 5.52 Å². The number of nitrogens with one attached hydrogen (secondary N) is 1. The first kappa shape index (κ1) is 16.5. The van der Waals surface area contributed by atoms with Crippen LogP contribution >= 0.6 is 11.6 Å². The Labute approximate surface area is 146 Å². The highest BCUT2D eigenvalue weighted by Gasteiger charge is 2.16. The number of hydrogen-bond donors (Lipinski definition) is 1. The summed E-state index contributed by atoms with van der Waals surface area (Å²) < 4.78 is 0. The molecule has 0 aliphatic rings. The van der Waals surface area contributed by atoms with Crippen LogP contribution in [0, 0.1) is 0 Å². The molecule has 0 saturated carbocycles. The van der Waals surface area contributed by atoms with Gasteiger partial charge in [-0.25, -0.2) is 0 Å². The number of aromatic nitrogens is 1. The molecule has 0 saturated heterocycles. The predicted octanol–water partition coefficient (Wildman–Crippen LogP) is 5.27. The smallest absolute Gasteiger partial charge is 0.256 e. The van der Waals surface area contributed by atoms with Gasteiger partial charge in [0.2, 0.25) is 0 Å². The summed E-state index contributed by atoms with van der Waals surface area (Å²) in [4.78, 5) is 17.2. The van der Waals surface area contributed by atoms with Crippen LogP contribution in [0.5, 0.6) is 0 Å². The monoisotopic (exact) mass is 338 g/mol. The van der Waals surface area contributed by atoms with Crippen LogP contribution in [0.4, 0.5) is 5.69 Å². The van der Waals surface area contributed by atoms with Crippen molar-refractivity contribution in [3.8, 4) is 0 Å². The van der Waals surface area contributed by atoms with Crippen LogP contribution in [0.2, 0.25) is 5.02 Å². The molecule has 0 aliphatic carbocycles. The van der Waals surface area contributed by atoms with Gasteiger partial charge in [-0.1, -0.05) is 43.6 Å². The molecule has 3 rings (SSSR count). The number of benzene rings is 2. The molecule has 0 fully saturated rings.